The number of sulfone groups is 1. The summed E-state index contributed by atoms with van der Waals surface area (Å²) in [6.45, 7) is 1.03. The monoisotopic (exact) mass is 279 g/mol. The first-order valence-corrected chi connectivity index (χ1v) is 6.04. The van der Waals surface area contributed by atoms with E-state index >= 15 is 0 Å². The van der Waals surface area contributed by atoms with Crippen LogP contribution in [0, 0.1) is 11.3 Å². The number of benzene rings is 1. The number of allylic oxidation sites excluding steroid dienone is 2. The molecule has 1 aromatic carbocycles. The Morgan fingerprint density at radius 3 is 2.18 bits per heavy atom. The van der Waals surface area contributed by atoms with Crippen LogP contribution in [0.5, 0.6) is 0 Å². The number of nitrogens with zero attached hydrogens (tertiary/aromatic N) is 1. The molecule has 0 fully saturated rings. The molecule has 0 saturated carbocycles. The molecule has 0 amide bonds. The molecule has 0 unspecified atom stereocenters. The van der Waals surface area contributed by atoms with Gasteiger partial charge in [0.05, 0.1) is 4.90 Å². The van der Waals surface area contributed by atoms with Crippen LogP contribution in [0.4, 0.5) is 0 Å². The normalized spacial score (nSPS) is 12.1. The van der Waals surface area contributed by atoms with Crippen molar-refractivity contribution in [3.8, 4) is 6.07 Å². The summed E-state index contributed by atoms with van der Waals surface area (Å²) in [5.74, 6) is -0.780. The second-order valence-corrected chi connectivity index (χ2v) is 5.28. The third kappa shape index (κ3) is 3.73. The van der Waals surface area contributed by atoms with Crippen molar-refractivity contribution in [2.45, 2.75) is 11.8 Å². The van der Waals surface area contributed by atoms with E-state index in [4.69, 9.17) is 16.9 Å². The molecular formula is C10H7ClNNaO3S. The van der Waals surface area contributed by atoms with E-state index in [1.807, 2.05) is 0 Å². The maximum Gasteiger partial charge on any atom is 1.00 e. The standard InChI is InChI=1S/C10H8ClNO3S.Na/c1-7(13)10(6-12)16(14,15)9-4-2-8(11)3-5-9;/h2-5,13H,1H3;/q;+1/p-1/b10-7-;. The van der Waals surface area contributed by atoms with Crippen molar-refractivity contribution < 1.29 is 43.1 Å². The molecule has 17 heavy (non-hydrogen) atoms. The predicted octanol–water partition coefficient (Wildman–Crippen LogP) is -1.77. The Bertz CT molecular complexity index is 569. The van der Waals surface area contributed by atoms with Gasteiger partial charge < -0.3 is 5.11 Å². The molecule has 0 atom stereocenters. The minimum Gasteiger partial charge on any atom is -0.874 e. The summed E-state index contributed by atoms with van der Waals surface area (Å²) >= 11 is 5.60. The molecular weight excluding hydrogens is 273 g/mol. The van der Waals surface area contributed by atoms with E-state index in [-0.39, 0.29) is 34.5 Å². The largest absolute Gasteiger partial charge is 1.00 e. The van der Waals surface area contributed by atoms with Crippen LogP contribution in [0.1, 0.15) is 6.92 Å². The third-order valence-electron chi connectivity index (χ3n) is 1.81. The van der Waals surface area contributed by atoms with E-state index in [1.165, 1.54) is 30.3 Å². The minimum absolute atomic E-state index is 0. The van der Waals surface area contributed by atoms with Gasteiger partial charge in [0.2, 0.25) is 9.84 Å². The van der Waals surface area contributed by atoms with Crippen molar-refractivity contribution in [3.05, 3.63) is 40.0 Å². The number of hydrogen-bond acceptors (Lipinski definition) is 4. The SMILES string of the molecule is C/C([O-])=C(\C#N)S(=O)(=O)c1ccc(Cl)cc1.[Na+]. The molecule has 0 aliphatic heterocycles. The van der Waals surface area contributed by atoms with Gasteiger partial charge in [0.25, 0.3) is 0 Å². The van der Waals surface area contributed by atoms with Gasteiger partial charge in [-0.2, -0.15) is 5.26 Å². The quantitative estimate of drug-likeness (QED) is 0.365. The Hall–Kier alpha value is -0.510. The minimum atomic E-state index is -4.02. The Morgan fingerprint density at radius 2 is 1.82 bits per heavy atom. The van der Waals surface area contributed by atoms with Crippen LogP contribution in [-0.4, -0.2) is 8.42 Å². The maximum absolute atomic E-state index is 11.8. The van der Waals surface area contributed by atoms with Crippen LogP contribution in [0.15, 0.2) is 39.8 Å². The molecule has 0 saturated heterocycles. The Morgan fingerprint density at radius 1 is 1.35 bits per heavy atom. The molecule has 0 spiro atoms. The van der Waals surface area contributed by atoms with Crippen molar-refractivity contribution in [3.63, 3.8) is 0 Å². The molecule has 0 bridgehead atoms. The topological polar surface area (TPSA) is 81.0 Å². The Kier molecular flexibility index (Phi) is 6.24. The van der Waals surface area contributed by atoms with Gasteiger partial charge in [-0.15, -0.1) is 5.76 Å². The van der Waals surface area contributed by atoms with E-state index in [1.54, 1.807) is 0 Å². The molecule has 0 aliphatic rings. The first-order valence-electron chi connectivity index (χ1n) is 4.18. The van der Waals surface area contributed by atoms with Crippen LogP contribution in [-0.2, 0) is 9.84 Å². The summed E-state index contributed by atoms with van der Waals surface area (Å²) in [6.07, 6.45) is 0. The van der Waals surface area contributed by atoms with Crippen LogP contribution >= 0.6 is 11.6 Å². The first kappa shape index (κ1) is 16.5. The van der Waals surface area contributed by atoms with Crippen LogP contribution in [0.2, 0.25) is 5.02 Å². The number of rotatable bonds is 2. The van der Waals surface area contributed by atoms with Crippen molar-refractivity contribution in [2.75, 3.05) is 0 Å². The molecule has 1 aromatic rings. The molecule has 1 rings (SSSR count). The van der Waals surface area contributed by atoms with Gasteiger partial charge in [-0.05, 0) is 24.3 Å². The molecule has 0 aliphatic carbocycles. The van der Waals surface area contributed by atoms with Crippen LogP contribution in [0.25, 0.3) is 0 Å². The number of halogens is 1. The maximum atomic E-state index is 11.8. The summed E-state index contributed by atoms with van der Waals surface area (Å²) in [4.78, 5) is -0.890. The van der Waals surface area contributed by atoms with Crippen molar-refractivity contribution >= 4 is 21.4 Å². The van der Waals surface area contributed by atoms with Crippen LogP contribution < -0.4 is 34.7 Å². The summed E-state index contributed by atoms with van der Waals surface area (Å²) in [5, 5.41) is 20.0. The van der Waals surface area contributed by atoms with Crippen molar-refractivity contribution in [1.29, 1.82) is 5.26 Å². The zero-order valence-corrected chi connectivity index (χ0v) is 12.8. The molecule has 7 heteroatoms. The summed E-state index contributed by atoms with van der Waals surface area (Å²) in [7, 11) is -4.02. The smallest absolute Gasteiger partial charge is 0.874 e. The molecule has 0 N–H and O–H groups in total. The van der Waals surface area contributed by atoms with Crippen molar-refractivity contribution in [2.24, 2.45) is 0 Å². The Labute approximate surface area is 127 Å². The first-order chi connectivity index (χ1) is 7.39. The van der Waals surface area contributed by atoms with Gasteiger partial charge in [0, 0.05) is 5.02 Å². The molecule has 84 valence electrons. The van der Waals surface area contributed by atoms with E-state index in [2.05, 4.69) is 0 Å². The number of nitriles is 1. The third-order valence-corrected chi connectivity index (χ3v) is 3.87. The molecule has 4 nitrogen and oxygen atoms in total. The molecule has 0 heterocycles. The fourth-order valence-electron chi connectivity index (χ4n) is 1.06. The fourth-order valence-corrected chi connectivity index (χ4v) is 2.41. The van der Waals surface area contributed by atoms with E-state index < -0.39 is 20.5 Å². The zero-order valence-electron chi connectivity index (χ0n) is 9.27. The van der Waals surface area contributed by atoms with Gasteiger partial charge >= 0.3 is 29.6 Å². The van der Waals surface area contributed by atoms with E-state index in [9.17, 15) is 13.5 Å². The van der Waals surface area contributed by atoms with Gasteiger partial charge in [0.1, 0.15) is 11.0 Å². The summed E-state index contributed by atoms with van der Waals surface area (Å²) in [6, 6.07) is 6.65. The molecule has 0 aromatic heterocycles. The van der Waals surface area contributed by atoms with Gasteiger partial charge in [-0.3, -0.25) is 0 Å². The average molecular weight is 280 g/mol. The average Bonchev–Trinajstić information content (AvgIpc) is 2.18. The van der Waals surface area contributed by atoms with E-state index in [0.29, 0.717) is 5.02 Å². The van der Waals surface area contributed by atoms with Crippen molar-refractivity contribution in [1.82, 2.24) is 0 Å². The molecule has 0 radical (unpaired) electrons. The second-order valence-electron chi connectivity index (χ2n) is 2.95. The number of hydrogen-bond donors (Lipinski definition) is 0. The summed E-state index contributed by atoms with van der Waals surface area (Å²) < 4.78 is 23.6. The predicted molar refractivity (Wildman–Crippen MR) is 57.0 cm³/mol. The van der Waals surface area contributed by atoms with E-state index in [0.717, 1.165) is 6.92 Å². The van der Waals surface area contributed by atoms with Gasteiger partial charge in [-0.1, -0.05) is 18.5 Å². The van der Waals surface area contributed by atoms with Gasteiger partial charge in [-0.25, -0.2) is 8.42 Å². The van der Waals surface area contributed by atoms with Gasteiger partial charge in [0.15, 0.2) is 0 Å². The summed E-state index contributed by atoms with van der Waals surface area (Å²) in [5.41, 5.74) is 0. The fraction of sp³-hybridized carbons (Fsp3) is 0.100. The van der Waals surface area contributed by atoms with Crippen LogP contribution in [0.3, 0.4) is 0 Å². The Balaban J connectivity index is 0.00000256. The second kappa shape index (κ2) is 6.43. The zero-order chi connectivity index (χ0) is 12.3.